The zero-order chi connectivity index (χ0) is 22.8. The minimum atomic E-state index is -0.664. The molecule has 3 N–H and O–H groups in total. The summed E-state index contributed by atoms with van der Waals surface area (Å²) in [5, 5.41) is 0. The predicted octanol–water partition coefficient (Wildman–Crippen LogP) is 2.09. The fourth-order valence-electron chi connectivity index (χ4n) is 2.83. The Morgan fingerprint density at radius 2 is 1.97 bits per heavy atom. The first-order chi connectivity index (χ1) is 14.6. The van der Waals surface area contributed by atoms with Crippen molar-refractivity contribution in [2.45, 2.75) is 26.4 Å². The van der Waals surface area contributed by atoms with E-state index in [4.69, 9.17) is 19.9 Å². The number of benzene rings is 1. The highest BCUT2D eigenvalue weighted by Crippen LogP contribution is 2.28. The van der Waals surface area contributed by atoms with Crippen LogP contribution in [0.1, 0.15) is 20.8 Å². The number of hydrogen-bond donors (Lipinski definition) is 2. The largest absolute Gasteiger partial charge is 0.491 e. The first-order valence-corrected chi connectivity index (χ1v) is 9.56. The van der Waals surface area contributed by atoms with Gasteiger partial charge in [0.05, 0.1) is 18.0 Å². The smallest absolute Gasteiger partial charge is 0.414 e. The second-order valence-corrected chi connectivity index (χ2v) is 7.79. The Bertz CT molecular complexity index is 1150. The molecule has 2 heterocycles. The lowest BCUT2D eigenvalue weighted by Crippen LogP contribution is -2.34. The van der Waals surface area contributed by atoms with Crippen molar-refractivity contribution >= 4 is 28.8 Å². The molecule has 0 aliphatic rings. The fraction of sp³-hybridized carbons (Fsp3) is 0.400. The molecule has 0 saturated heterocycles. The molecule has 0 fully saturated rings. The summed E-state index contributed by atoms with van der Waals surface area (Å²) in [5.41, 5.74) is 6.25. The average molecular weight is 430 g/mol. The van der Waals surface area contributed by atoms with Crippen molar-refractivity contribution in [1.82, 2.24) is 19.5 Å². The fourth-order valence-corrected chi connectivity index (χ4v) is 2.83. The number of imidazole rings is 1. The van der Waals surface area contributed by atoms with Crippen molar-refractivity contribution in [2.24, 2.45) is 0 Å². The summed E-state index contributed by atoms with van der Waals surface area (Å²) in [6.07, 6.45) is 0.721. The number of anilines is 2. The van der Waals surface area contributed by atoms with Gasteiger partial charge >= 0.3 is 11.8 Å². The molecular weight excluding hydrogens is 404 g/mol. The number of nitrogens with two attached hydrogens (primary N) is 1. The lowest BCUT2D eigenvalue weighted by molar-refractivity contribution is 0.0589. The van der Waals surface area contributed by atoms with Gasteiger partial charge in [0.1, 0.15) is 29.8 Å². The van der Waals surface area contributed by atoms with Crippen molar-refractivity contribution in [3.05, 3.63) is 35.0 Å². The Balaban J connectivity index is 2.10. The first kappa shape index (κ1) is 22.1. The van der Waals surface area contributed by atoms with Crippen LogP contribution in [0.3, 0.4) is 0 Å². The zero-order valence-electron chi connectivity index (χ0n) is 18.1. The van der Waals surface area contributed by atoms with Crippen LogP contribution in [0.25, 0.3) is 16.9 Å². The second kappa shape index (κ2) is 8.64. The highest BCUT2D eigenvalue weighted by Gasteiger charge is 2.22. The van der Waals surface area contributed by atoms with E-state index in [1.165, 1.54) is 15.8 Å². The van der Waals surface area contributed by atoms with Crippen LogP contribution in [0, 0.1) is 0 Å². The first-order valence-electron chi connectivity index (χ1n) is 9.56. The van der Waals surface area contributed by atoms with E-state index in [1.807, 2.05) is 0 Å². The Kier molecular flexibility index (Phi) is 6.16. The minimum absolute atomic E-state index is 0.152. The zero-order valence-corrected chi connectivity index (χ0v) is 18.1. The Labute approximate surface area is 178 Å². The average Bonchev–Trinajstić information content (AvgIpc) is 3.03. The normalized spacial score (nSPS) is 11.5. The van der Waals surface area contributed by atoms with E-state index in [0.717, 1.165) is 0 Å². The van der Waals surface area contributed by atoms with E-state index in [9.17, 15) is 9.59 Å². The third-order valence-corrected chi connectivity index (χ3v) is 4.25. The van der Waals surface area contributed by atoms with Gasteiger partial charge in [-0.3, -0.25) is 4.90 Å². The number of ether oxygens (including phenoxy) is 3. The number of rotatable bonds is 6. The number of H-pyrrole nitrogens is 1. The summed E-state index contributed by atoms with van der Waals surface area (Å²) >= 11 is 0. The molecule has 0 bridgehead atoms. The molecule has 11 nitrogen and oxygen atoms in total. The van der Waals surface area contributed by atoms with E-state index in [2.05, 4.69) is 15.0 Å². The van der Waals surface area contributed by atoms with Gasteiger partial charge in [0.25, 0.3) is 0 Å². The van der Waals surface area contributed by atoms with Gasteiger partial charge in [0.15, 0.2) is 11.5 Å². The summed E-state index contributed by atoms with van der Waals surface area (Å²) < 4.78 is 17.6. The lowest BCUT2D eigenvalue weighted by Gasteiger charge is -2.25. The van der Waals surface area contributed by atoms with Gasteiger partial charge in [-0.05, 0) is 26.8 Å². The molecule has 2 aromatic heterocycles. The number of methoxy groups -OCH3 is 1. The summed E-state index contributed by atoms with van der Waals surface area (Å²) in [7, 11) is 3.14. The summed E-state index contributed by atoms with van der Waals surface area (Å²) in [5.74, 6) is 0.586. The SMILES string of the molecule is COCCOc1cc(N(C)C(=O)OC(C)(C)C)cc(-n2c(=O)[nH]c3c(N)ncnc32)c1. The van der Waals surface area contributed by atoms with Crippen molar-refractivity contribution in [2.75, 3.05) is 38.0 Å². The molecule has 166 valence electrons. The highest BCUT2D eigenvalue weighted by molar-refractivity contribution is 5.88. The number of nitrogens with zero attached hydrogens (tertiary/aromatic N) is 4. The number of aromatic nitrogens is 4. The molecule has 3 rings (SSSR count). The van der Waals surface area contributed by atoms with Crippen LogP contribution < -0.4 is 21.1 Å². The van der Waals surface area contributed by atoms with Crippen LogP contribution in [-0.4, -0.2) is 58.6 Å². The standard InChI is InChI=1S/C20H26N6O5/c1-20(2,3)31-19(28)25(4)12-8-13(10-14(9-12)30-7-6-29-5)26-17-15(24-18(26)27)16(21)22-11-23-17/h8-11H,6-7H2,1-5H3,(H,24,27)(H2,21,22,23). The highest BCUT2D eigenvalue weighted by atomic mass is 16.6. The van der Waals surface area contributed by atoms with Gasteiger partial charge in [-0.2, -0.15) is 0 Å². The van der Waals surface area contributed by atoms with Crippen LogP contribution in [0.4, 0.5) is 16.3 Å². The number of amides is 1. The maximum atomic E-state index is 12.7. The maximum Gasteiger partial charge on any atom is 0.414 e. The molecular formula is C20H26N6O5. The lowest BCUT2D eigenvalue weighted by atomic mass is 10.2. The Hall–Kier alpha value is -3.60. The van der Waals surface area contributed by atoms with E-state index in [-0.39, 0.29) is 12.4 Å². The molecule has 1 amide bonds. The van der Waals surface area contributed by atoms with E-state index < -0.39 is 17.4 Å². The number of nitrogen functional groups attached to an aromatic ring is 1. The van der Waals surface area contributed by atoms with Gasteiger partial charge in [-0.1, -0.05) is 0 Å². The number of fused-ring (bicyclic) bond motifs is 1. The van der Waals surface area contributed by atoms with Gasteiger partial charge in [0, 0.05) is 26.3 Å². The molecule has 0 unspecified atom stereocenters. The van der Waals surface area contributed by atoms with E-state index in [0.29, 0.717) is 34.9 Å². The van der Waals surface area contributed by atoms with Crippen LogP contribution in [0.2, 0.25) is 0 Å². The third-order valence-electron chi connectivity index (χ3n) is 4.25. The molecule has 0 atom stereocenters. The Morgan fingerprint density at radius 3 is 2.65 bits per heavy atom. The van der Waals surface area contributed by atoms with Gasteiger partial charge < -0.3 is 24.9 Å². The Morgan fingerprint density at radius 1 is 1.23 bits per heavy atom. The number of aromatic amines is 1. The molecule has 0 aliphatic carbocycles. The molecule has 0 radical (unpaired) electrons. The molecule has 0 aliphatic heterocycles. The monoisotopic (exact) mass is 430 g/mol. The molecule has 11 heteroatoms. The van der Waals surface area contributed by atoms with Gasteiger partial charge in [0.2, 0.25) is 0 Å². The van der Waals surface area contributed by atoms with Crippen molar-refractivity contribution in [3.8, 4) is 11.4 Å². The number of carbonyl (C=O) groups excluding carboxylic acids is 1. The minimum Gasteiger partial charge on any atom is -0.491 e. The molecule has 1 aromatic carbocycles. The van der Waals surface area contributed by atoms with Crippen molar-refractivity contribution in [1.29, 1.82) is 0 Å². The maximum absolute atomic E-state index is 12.7. The quantitative estimate of drug-likeness (QED) is 0.567. The van der Waals surface area contributed by atoms with E-state index in [1.54, 1.807) is 53.1 Å². The topological polar surface area (TPSA) is 138 Å². The number of carbonyl (C=O) groups is 1. The van der Waals surface area contributed by atoms with Gasteiger partial charge in [-0.25, -0.2) is 24.1 Å². The molecule has 31 heavy (non-hydrogen) atoms. The van der Waals surface area contributed by atoms with Gasteiger partial charge in [-0.15, -0.1) is 0 Å². The van der Waals surface area contributed by atoms with Crippen LogP contribution >= 0.6 is 0 Å². The third kappa shape index (κ3) is 4.94. The second-order valence-electron chi connectivity index (χ2n) is 7.79. The van der Waals surface area contributed by atoms with Crippen LogP contribution in [0.5, 0.6) is 5.75 Å². The molecule has 0 spiro atoms. The summed E-state index contributed by atoms with van der Waals surface area (Å²) in [6, 6.07) is 4.99. The summed E-state index contributed by atoms with van der Waals surface area (Å²) in [4.78, 5) is 37.3. The van der Waals surface area contributed by atoms with Crippen molar-refractivity contribution < 1.29 is 19.0 Å². The predicted molar refractivity (Wildman–Crippen MR) is 116 cm³/mol. The summed E-state index contributed by atoms with van der Waals surface area (Å²) in [6.45, 7) is 6.00. The molecule has 3 aromatic rings. The number of nitrogens with one attached hydrogen (secondary N) is 1. The van der Waals surface area contributed by atoms with Crippen LogP contribution in [0.15, 0.2) is 29.3 Å². The van der Waals surface area contributed by atoms with Crippen molar-refractivity contribution in [3.63, 3.8) is 0 Å². The van der Waals surface area contributed by atoms with Crippen LogP contribution in [-0.2, 0) is 9.47 Å². The van der Waals surface area contributed by atoms with E-state index >= 15 is 0 Å². The molecule has 0 saturated carbocycles. The number of hydrogen-bond acceptors (Lipinski definition) is 8.